The zero-order chi connectivity index (χ0) is 14.5. The van der Waals surface area contributed by atoms with E-state index in [1.807, 2.05) is 50.4 Å². The Morgan fingerprint density at radius 3 is 1.30 bits per heavy atom. The zero-order valence-corrected chi connectivity index (χ0v) is 14.1. The molecule has 2 aromatic carbocycles. The van der Waals surface area contributed by atoms with Crippen molar-refractivity contribution in [2.45, 2.75) is 27.7 Å². The molecule has 20 heavy (non-hydrogen) atoms. The normalized spacial score (nSPS) is 10.0. The van der Waals surface area contributed by atoms with Crippen LogP contribution in [0.1, 0.15) is 27.7 Å². The molecule has 0 saturated heterocycles. The van der Waals surface area contributed by atoms with Crippen LogP contribution >= 0.6 is 22.7 Å². The van der Waals surface area contributed by atoms with Crippen molar-refractivity contribution >= 4 is 52.2 Å². The van der Waals surface area contributed by atoms with Crippen molar-refractivity contribution < 1.29 is 0 Å². The summed E-state index contributed by atoms with van der Waals surface area (Å²) in [5.41, 5.74) is 0. The highest BCUT2D eigenvalue weighted by Gasteiger charge is 2.10. The molecule has 0 bridgehead atoms. The molecule has 104 valence electrons. The second kappa shape index (κ2) is 6.87. The third kappa shape index (κ3) is 2.46. The lowest BCUT2D eigenvalue weighted by Gasteiger charge is -1.87. The average Bonchev–Trinajstić information content (AvgIpc) is 3.07. The first-order valence-electron chi connectivity index (χ1n) is 7.22. The molecule has 4 aromatic rings. The highest BCUT2D eigenvalue weighted by Crippen LogP contribution is 2.43. The van der Waals surface area contributed by atoms with Crippen LogP contribution < -0.4 is 0 Å². The van der Waals surface area contributed by atoms with Gasteiger partial charge in [-0.15, -0.1) is 22.7 Å². The molecule has 0 nitrogen and oxygen atoms in total. The molecule has 0 saturated carbocycles. The maximum Gasteiger partial charge on any atom is 0.0542 e. The van der Waals surface area contributed by atoms with E-state index in [1.165, 1.54) is 29.6 Å². The van der Waals surface area contributed by atoms with Gasteiger partial charge >= 0.3 is 0 Å². The van der Waals surface area contributed by atoms with Gasteiger partial charge in [0.2, 0.25) is 0 Å². The summed E-state index contributed by atoms with van der Waals surface area (Å²) in [7, 11) is 0. The summed E-state index contributed by atoms with van der Waals surface area (Å²) < 4.78 is 5.69. The van der Waals surface area contributed by atoms with Crippen molar-refractivity contribution in [2.75, 3.05) is 0 Å². The van der Waals surface area contributed by atoms with Crippen LogP contribution in [0.4, 0.5) is 0 Å². The van der Waals surface area contributed by atoms with E-state index in [0.29, 0.717) is 0 Å². The van der Waals surface area contributed by atoms with E-state index in [1.54, 1.807) is 0 Å². The fourth-order valence-electron chi connectivity index (χ4n) is 2.15. The molecule has 0 fully saturated rings. The molecule has 2 aromatic heterocycles. The molecule has 0 N–H and O–H groups in total. The molecule has 0 aliphatic rings. The number of rotatable bonds is 0. The van der Waals surface area contributed by atoms with Gasteiger partial charge in [0.05, 0.1) is 9.40 Å². The van der Waals surface area contributed by atoms with Crippen LogP contribution in [0, 0.1) is 0 Å². The summed E-state index contributed by atoms with van der Waals surface area (Å²) in [4.78, 5) is 0. The monoisotopic (exact) mass is 300 g/mol. The molecule has 0 unspecified atom stereocenters. The SMILES string of the molecule is CC.CC.c1ccc2c(c1)sc1c3ccccc3sc21. The van der Waals surface area contributed by atoms with Crippen LogP contribution in [0.2, 0.25) is 0 Å². The number of thiophene rings is 2. The van der Waals surface area contributed by atoms with Gasteiger partial charge in [-0.3, -0.25) is 0 Å². The molecule has 2 heterocycles. The predicted molar refractivity (Wildman–Crippen MR) is 97.4 cm³/mol. The molecule has 0 aliphatic heterocycles. The Bertz CT molecular complexity index is 736. The summed E-state index contributed by atoms with van der Waals surface area (Å²) in [6.07, 6.45) is 0. The van der Waals surface area contributed by atoms with Crippen molar-refractivity contribution in [1.82, 2.24) is 0 Å². The summed E-state index contributed by atoms with van der Waals surface area (Å²) in [6.45, 7) is 8.00. The van der Waals surface area contributed by atoms with Gasteiger partial charge in [0.1, 0.15) is 0 Å². The first-order chi connectivity index (χ1) is 9.93. The zero-order valence-electron chi connectivity index (χ0n) is 12.4. The van der Waals surface area contributed by atoms with Gasteiger partial charge in [0.15, 0.2) is 0 Å². The lowest BCUT2D eigenvalue weighted by atomic mass is 10.2. The lowest BCUT2D eigenvalue weighted by molar-refractivity contribution is 1.50. The van der Waals surface area contributed by atoms with E-state index in [2.05, 4.69) is 48.5 Å². The number of benzene rings is 2. The summed E-state index contributed by atoms with van der Waals surface area (Å²) in [5.74, 6) is 0. The van der Waals surface area contributed by atoms with Crippen molar-refractivity contribution in [1.29, 1.82) is 0 Å². The quantitative estimate of drug-likeness (QED) is 0.319. The van der Waals surface area contributed by atoms with Gasteiger partial charge in [-0.1, -0.05) is 64.1 Å². The van der Waals surface area contributed by atoms with Crippen LogP contribution in [-0.4, -0.2) is 0 Å². The third-order valence-electron chi connectivity index (χ3n) is 2.89. The van der Waals surface area contributed by atoms with E-state index < -0.39 is 0 Å². The fourth-order valence-corrected chi connectivity index (χ4v) is 4.81. The minimum Gasteiger partial charge on any atom is -0.134 e. The van der Waals surface area contributed by atoms with Crippen LogP contribution in [0.25, 0.3) is 29.6 Å². The molecule has 0 radical (unpaired) electrons. The molecule has 0 atom stereocenters. The molecular formula is C18H20S2. The maximum absolute atomic E-state index is 2.23. The second-order valence-corrected chi connectivity index (χ2v) is 5.96. The van der Waals surface area contributed by atoms with Crippen molar-refractivity contribution in [3.8, 4) is 0 Å². The highest BCUT2D eigenvalue weighted by atomic mass is 32.1. The Hall–Kier alpha value is -1.38. The second-order valence-electron chi connectivity index (χ2n) is 3.85. The minimum atomic E-state index is 1.40. The van der Waals surface area contributed by atoms with Crippen LogP contribution in [-0.2, 0) is 0 Å². The smallest absolute Gasteiger partial charge is 0.0542 e. The van der Waals surface area contributed by atoms with Crippen LogP contribution in [0.15, 0.2) is 48.5 Å². The average molecular weight is 300 g/mol. The summed E-state index contributed by atoms with van der Waals surface area (Å²) >= 11 is 3.82. The largest absolute Gasteiger partial charge is 0.134 e. The molecular weight excluding hydrogens is 280 g/mol. The van der Waals surface area contributed by atoms with Gasteiger partial charge in [-0.25, -0.2) is 0 Å². The fraction of sp³-hybridized carbons (Fsp3) is 0.222. The Kier molecular flexibility index (Phi) is 5.16. The van der Waals surface area contributed by atoms with E-state index in [0.717, 1.165) is 0 Å². The third-order valence-corrected chi connectivity index (χ3v) is 5.43. The van der Waals surface area contributed by atoms with Gasteiger partial charge in [0.25, 0.3) is 0 Å². The Labute approximate surface area is 128 Å². The maximum atomic E-state index is 2.23. The molecule has 0 aliphatic carbocycles. The predicted octanol–water partition coefficient (Wildman–Crippen LogP) is 7.32. The molecule has 4 rings (SSSR count). The van der Waals surface area contributed by atoms with E-state index in [9.17, 15) is 0 Å². The van der Waals surface area contributed by atoms with Gasteiger partial charge < -0.3 is 0 Å². The number of hydrogen-bond donors (Lipinski definition) is 0. The Morgan fingerprint density at radius 2 is 0.900 bits per heavy atom. The molecule has 2 heteroatoms. The van der Waals surface area contributed by atoms with Gasteiger partial charge in [0, 0.05) is 20.2 Å². The summed E-state index contributed by atoms with van der Waals surface area (Å²) in [6, 6.07) is 17.4. The first-order valence-corrected chi connectivity index (χ1v) is 8.85. The van der Waals surface area contributed by atoms with Crippen molar-refractivity contribution in [2.24, 2.45) is 0 Å². The van der Waals surface area contributed by atoms with E-state index >= 15 is 0 Å². The van der Waals surface area contributed by atoms with E-state index in [4.69, 9.17) is 0 Å². The van der Waals surface area contributed by atoms with E-state index in [-0.39, 0.29) is 0 Å². The van der Waals surface area contributed by atoms with Crippen molar-refractivity contribution in [3.63, 3.8) is 0 Å². The molecule has 0 amide bonds. The van der Waals surface area contributed by atoms with Gasteiger partial charge in [-0.2, -0.15) is 0 Å². The van der Waals surface area contributed by atoms with Gasteiger partial charge in [-0.05, 0) is 12.1 Å². The first kappa shape index (κ1) is 15.0. The minimum absolute atomic E-state index is 1.40. The van der Waals surface area contributed by atoms with Crippen molar-refractivity contribution in [3.05, 3.63) is 48.5 Å². The van der Waals surface area contributed by atoms with Crippen LogP contribution in [0.5, 0.6) is 0 Å². The Morgan fingerprint density at radius 1 is 0.550 bits per heavy atom. The molecule has 0 spiro atoms. The number of fused-ring (bicyclic) bond motifs is 5. The topological polar surface area (TPSA) is 0 Å². The van der Waals surface area contributed by atoms with Crippen LogP contribution in [0.3, 0.4) is 0 Å². The lowest BCUT2D eigenvalue weighted by Crippen LogP contribution is -1.58. The Balaban J connectivity index is 0.000000340. The standard InChI is InChI=1S/C14H8S2.2C2H6/c1-3-7-11-9(5-1)13-14(15-11)10-6-2-4-8-12(10)16-13;2*1-2/h1-8H;2*1-2H3. The highest BCUT2D eigenvalue weighted by molar-refractivity contribution is 7.36. The number of hydrogen-bond acceptors (Lipinski definition) is 2. The summed E-state index contributed by atoms with van der Waals surface area (Å²) in [5, 5.41) is 2.81.